The lowest BCUT2D eigenvalue weighted by Gasteiger charge is -2.18. The summed E-state index contributed by atoms with van der Waals surface area (Å²) >= 11 is 0. The van der Waals surface area contributed by atoms with Gasteiger partial charge in [-0.1, -0.05) is 0 Å². The van der Waals surface area contributed by atoms with Crippen LogP contribution in [-0.2, 0) is 25.8 Å². The molecule has 0 aliphatic heterocycles. The van der Waals surface area contributed by atoms with Crippen molar-refractivity contribution in [1.82, 2.24) is 19.4 Å². The predicted octanol–water partition coefficient (Wildman–Crippen LogP) is 4.16. The van der Waals surface area contributed by atoms with Gasteiger partial charge in [0.2, 0.25) is 0 Å². The molecule has 37 heavy (non-hydrogen) atoms. The number of hydrogen-bond acceptors (Lipinski definition) is 9. The van der Waals surface area contributed by atoms with Crippen LogP contribution in [0.4, 0.5) is 53.9 Å². The van der Waals surface area contributed by atoms with E-state index in [2.05, 4.69) is 30.4 Å². The number of alkyl halides is 6. The van der Waals surface area contributed by atoms with Gasteiger partial charge in [-0.25, -0.2) is 32.6 Å². The minimum Gasteiger partial charge on any atom is -0.345 e. The van der Waals surface area contributed by atoms with Crippen LogP contribution in [0.15, 0.2) is 53.8 Å². The molecule has 1 aromatic carbocycles. The van der Waals surface area contributed by atoms with Crippen molar-refractivity contribution in [3.8, 4) is 0 Å². The summed E-state index contributed by atoms with van der Waals surface area (Å²) in [5.41, 5.74) is -1.47. The van der Waals surface area contributed by atoms with E-state index in [0.717, 1.165) is 24.5 Å². The second-order valence-corrected chi connectivity index (χ2v) is 8.84. The van der Waals surface area contributed by atoms with E-state index in [1.54, 1.807) is 0 Å². The summed E-state index contributed by atoms with van der Waals surface area (Å²) in [4.78, 5) is 25.2. The van der Waals surface area contributed by atoms with Crippen molar-refractivity contribution in [3.63, 3.8) is 0 Å². The minimum atomic E-state index is -5.46. The van der Waals surface area contributed by atoms with E-state index in [9.17, 15) is 43.9 Å². The van der Waals surface area contributed by atoms with Gasteiger partial charge in [-0.15, -0.1) is 0 Å². The number of nitrogens with one attached hydrogen (secondary N) is 2. The molecule has 2 heterocycles. The second kappa shape index (κ2) is 10.1. The number of hydroxylamine groups is 1. The van der Waals surface area contributed by atoms with E-state index in [-0.39, 0.29) is 21.9 Å². The Balaban J connectivity index is 1.79. The molecule has 0 aliphatic carbocycles. The molecular weight excluding hydrogens is 541 g/mol. The van der Waals surface area contributed by atoms with E-state index in [1.807, 2.05) is 0 Å². The molecule has 0 radical (unpaired) electrons. The summed E-state index contributed by atoms with van der Waals surface area (Å²) < 4.78 is 114. The highest BCUT2D eigenvalue weighted by molar-refractivity contribution is 7.89. The maximum absolute atomic E-state index is 14.3. The largest absolute Gasteiger partial charge is 0.492 e. The summed E-state index contributed by atoms with van der Waals surface area (Å²) in [7, 11) is -4.30. The van der Waals surface area contributed by atoms with Gasteiger partial charge in [0.15, 0.2) is 0 Å². The number of aromatic nitrogens is 3. The number of rotatable bonds is 7. The van der Waals surface area contributed by atoms with Gasteiger partial charge in [-0.3, -0.25) is 0 Å². The Bertz CT molecular complexity index is 1400. The maximum atomic E-state index is 14.3. The number of carbonyl (C=O) groups is 1. The Labute approximate surface area is 203 Å². The quantitative estimate of drug-likeness (QED) is 0.327. The van der Waals surface area contributed by atoms with Crippen molar-refractivity contribution >= 4 is 39.1 Å². The molecule has 2 N–H and O–H groups in total. The lowest BCUT2D eigenvalue weighted by Crippen LogP contribution is -2.36. The molecule has 0 saturated heterocycles. The van der Waals surface area contributed by atoms with Crippen LogP contribution in [-0.4, -0.2) is 47.0 Å². The highest BCUT2D eigenvalue weighted by Gasteiger charge is 2.43. The zero-order valence-electron chi connectivity index (χ0n) is 18.1. The third-order valence-electron chi connectivity index (χ3n) is 4.29. The summed E-state index contributed by atoms with van der Waals surface area (Å²) in [6.07, 6.45) is -8.48. The van der Waals surface area contributed by atoms with E-state index >= 15 is 0 Å². The number of benzene rings is 1. The number of hydrogen-bond donors (Lipinski definition) is 2. The van der Waals surface area contributed by atoms with Gasteiger partial charge in [0.25, 0.3) is 10.0 Å². The van der Waals surface area contributed by atoms with Gasteiger partial charge in [0.1, 0.15) is 29.6 Å². The molecule has 198 valence electrons. The predicted molar refractivity (Wildman–Crippen MR) is 111 cm³/mol. The Morgan fingerprint density at radius 2 is 1.57 bits per heavy atom. The maximum Gasteiger partial charge on any atom is 0.492 e. The Hall–Kier alpha value is -4.06. The van der Waals surface area contributed by atoms with Gasteiger partial charge >= 0.3 is 18.3 Å². The number of anilines is 4. The van der Waals surface area contributed by atoms with E-state index in [0.29, 0.717) is 25.4 Å². The van der Waals surface area contributed by atoms with E-state index in [4.69, 9.17) is 0 Å². The van der Waals surface area contributed by atoms with Gasteiger partial charge in [-0.05, 0) is 34.8 Å². The molecule has 0 amide bonds. The van der Waals surface area contributed by atoms with Crippen LogP contribution in [0.25, 0.3) is 0 Å². The normalized spacial score (nSPS) is 12.4. The van der Waals surface area contributed by atoms with Crippen molar-refractivity contribution in [1.29, 1.82) is 0 Å². The number of pyridine rings is 1. The fourth-order valence-corrected chi connectivity index (χ4v) is 3.49. The van der Waals surface area contributed by atoms with Gasteiger partial charge < -0.3 is 15.5 Å². The summed E-state index contributed by atoms with van der Waals surface area (Å²) in [6, 6.07) is 5.10. The SMILES string of the molecule is CN(OC(=O)C(F)(F)F)S(=O)(=O)c1ccc(F)c(Nc2cc(Nc3ccc(C(F)(F)F)cn3)ncn2)c1. The first-order chi connectivity index (χ1) is 17.1. The molecule has 18 heteroatoms. The number of nitrogens with zero attached hydrogens (tertiary/aromatic N) is 4. The van der Waals surface area contributed by atoms with Crippen LogP contribution in [0, 0.1) is 5.82 Å². The molecule has 3 rings (SSSR count). The average Bonchev–Trinajstić information content (AvgIpc) is 2.79. The summed E-state index contributed by atoms with van der Waals surface area (Å²) in [5, 5.41) is 5.04. The van der Waals surface area contributed by atoms with Gasteiger partial charge in [-0.2, -0.15) is 26.3 Å². The average molecular weight is 554 g/mol. The van der Waals surface area contributed by atoms with Crippen molar-refractivity contribution in [2.75, 3.05) is 17.7 Å². The zero-order valence-corrected chi connectivity index (χ0v) is 18.9. The standard InChI is InChI=1S/C19H13F7N6O4S/c1-32(36-17(33)19(24,25)26)37(34,35)11-3-4-12(20)13(6-11)30-15-7-16(29-9-28-15)31-14-5-2-10(8-27-14)18(21,22)23/h2-9H,1H3,(H2,27,28,29,30,31). The third kappa shape index (κ3) is 6.79. The molecule has 0 bridgehead atoms. The number of sulfonamides is 1. The fraction of sp³-hybridized carbons (Fsp3) is 0.158. The van der Waals surface area contributed by atoms with Crippen molar-refractivity contribution in [2.24, 2.45) is 0 Å². The van der Waals surface area contributed by atoms with Crippen LogP contribution < -0.4 is 10.6 Å². The van der Waals surface area contributed by atoms with Gasteiger partial charge in [0.05, 0.1) is 16.1 Å². The molecule has 0 spiro atoms. The first kappa shape index (κ1) is 27.5. The smallest absolute Gasteiger partial charge is 0.345 e. The Morgan fingerprint density at radius 1 is 0.919 bits per heavy atom. The Morgan fingerprint density at radius 3 is 2.14 bits per heavy atom. The third-order valence-corrected chi connectivity index (χ3v) is 5.90. The molecule has 0 fully saturated rings. The first-order valence-electron chi connectivity index (χ1n) is 9.54. The van der Waals surface area contributed by atoms with Crippen LogP contribution in [0.2, 0.25) is 0 Å². The van der Waals surface area contributed by atoms with Crippen LogP contribution >= 0.6 is 0 Å². The van der Waals surface area contributed by atoms with Crippen LogP contribution in [0.5, 0.6) is 0 Å². The van der Waals surface area contributed by atoms with Crippen molar-refractivity contribution in [2.45, 2.75) is 17.2 Å². The summed E-state index contributed by atoms with van der Waals surface area (Å²) in [6.45, 7) is 0. The van der Waals surface area contributed by atoms with Crippen molar-refractivity contribution < 1.29 is 48.8 Å². The topological polar surface area (TPSA) is 126 Å². The van der Waals surface area contributed by atoms with Gasteiger partial charge in [0, 0.05) is 19.3 Å². The molecule has 2 aromatic heterocycles. The molecule has 0 saturated carbocycles. The minimum absolute atomic E-state index is 0.00717. The fourth-order valence-electron chi connectivity index (χ4n) is 2.53. The van der Waals surface area contributed by atoms with Crippen LogP contribution in [0.1, 0.15) is 5.56 Å². The highest BCUT2D eigenvalue weighted by atomic mass is 32.2. The monoisotopic (exact) mass is 554 g/mol. The number of carbonyl (C=O) groups excluding carboxylic acids is 1. The molecule has 10 nitrogen and oxygen atoms in total. The second-order valence-electron chi connectivity index (χ2n) is 6.90. The van der Waals surface area contributed by atoms with Crippen molar-refractivity contribution in [3.05, 3.63) is 60.3 Å². The molecule has 3 aromatic rings. The van der Waals surface area contributed by atoms with Crippen LogP contribution in [0.3, 0.4) is 0 Å². The molecular formula is C19H13F7N6O4S. The molecule has 0 atom stereocenters. The molecule has 0 unspecified atom stereocenters. The zero-order chi connectivity index (χ0) is 27.6. The highest BCUT2D eigenvalue weighted by Crippen LogP contribution is 2.30. The first-order valence-corrected chi connectivity index (χ1v) is 11.0. The molecule has 0 aliphatic rings. The lowest BCUT2D eigenvalue weighted by atomic mass is 10.3. The lowest BCUT2D eigenvalue weighted by molar-refractivity contribution is -0.219. The Kier molecular flexibility index (Phi) is 7.54. The number of halogens is 7. The van der Waals surface area contributed by atoms with E-state index < -0.39 is 50.3 Å². The summed E-state index contributed by atoms with van der Waals surface area (Å²) in [5.74, 6) is -3.91. The van der Waals surface area contributed by atoms with E-state index in [1.165, 1.54) is 6.07 Å².